The summed E-state index contributed by atoms with van der Waals surface area (Å²) in [5.74, 6) is -11.8. The van der Waals surface area contributed by atoms with Gasteiger partial charge < -0.3 is 80.0 Å². The molecule has 9 atom stereocenters. The molecule has 18 N–H and O–H groups in total. The highest BCUT2D eigenvalue weighted by molar-refractivity contribution is 5.98. The molecule has 2 aromatic rings. The number of amides is 10. The topological polar surface area (TPSA) is 439 Å². The average Bonchev–Trinajstić information content (AvgIpc) is 3.69. The fourth-order valence-corrected chi connectivity index (χ4v) is 6.61. The van der Waals surface area contributed by atoms with Gasteiger partial charge >= 0.3 is 5.97 Å². The number of aromatic amines is 1. The fraction of sp³-hybridized carbons (Fsp3) is 0.558. The van der Waals surface area contributed by atoms with Crippen LogP contribution in [0.1, 0.15) is 72.8 Å². The first-order chi connectivity index (χ1) is 32.3. The van der Waals surface area contributed by atoms with Gasteiger partial charge in [0.1, 0.15) is 48.3 Å². The number of carbonyl (C=O) groups excluding carboxylic acids is 10. The highest BCUT2D eigenvalue weighted by atomic mass is 16.4. The molecule has 1 heterocycles. The molecule has 0 fully saturated rings. The van der Waals surface area contributed by atoms with Crippen molar-refractivity contribution in [1.29, 1.82) is 0 Å². The van der Waals surface area contributed by atoms with E-state index >= 15 is 0 Å². The van der Waals surface area contributed by atoms with Crippen LogP contribution in [0.2, 0.25) is 0 Å². The maximum Gasteiger partial charge on any atom is 0.326 e. The van der Waals surface area contributed by atoms with Gasteiger partial charge in [-0.05, 0) is 50.2 Å². The zero-order valence-corrected chi connectivity index (χ0v) is 39.3. The molecule has 0 unspecified atom stereocenters. The zero-order valence-electron chi connectivity index (χ0n) is 39.3. The minimum Gasteiger partial charge on any atom is -0.480 e. The van der Waals surface area contributed by atoms with Gasteiger partial charge in [0, 0.05) is 36.4 Å². The summed E-state index contributed by atoms with van der Waals surface area (Å²) < 4.78 is 0. The van der Waals surface area contributed by atoms with Crippen LogP contribution in [0.4, 0.5) is 0 Å². The SMILES string of the molecule is CC(C)[C@H](NC(=O)CNC(=O)[C@H](C)NC(=O)[C@H](CCC(N)=O)NC(=O)[C@@H](NC(=O)[C@@H](NC(=O)[C@@H](N)CO)C(C)C)[C@@H](C)O)C(=O)N[C@@H](CCC(N)=O)C(=O)N[C@@H](Cc1c[nH]c2ccccc12)C(=O)O. The normalized spacial score (nSPS) is 15.1. The Hall–Kier alpha value is -7.19. The van der Waals surface area contributed by atoms with Crippen molar-refractivity contribution in [3.8, 4) is 0 Å². The molecule has 1 aromatic heterocycles. The van der Waals surface area contributed by atoms with Gasteiger partial charge in [-0.25, -0.2) is 4.79 Å². The molecular weight excluding hydrogens is 909 g/mol. The number of benzene rings is 1. The van der Waals surface area contributed by atoms with Gasteiger partial charge in [-0.15, -0.1) is 0 Å². The highest BCUT2D eigenvalue weighted by Crippen LogP contribution is 2.19. The smallest absolute Gasteiger partial charge is 0.326 e. The van der Waals surface area contributed by atoms with E-state index in [2.05, 4.69) is 47.5 Å². The third-order valence-electron chi connectivity index (χ3n) is 10.6. The van der Waals surface area contributed by atoms with Gasteiger partial charge in [0.2, 0.25) is 59.1 Å². The van der Waals surface area contributed by atoms with Crippen LogP contribution in [0.15, 0.2) is 30.5 Å². The van der Waals surface area contributed by atoms with Crippen molar-refractivity contribution in [2.45, 2.75) is 128 Å². The molecule has 0 saturated heterocycles. The largest absolute Gasteiger partial charge is 0.480 e. The molecule has 382 valence electrons. The van der Waals surface area contributed by atoms with E-state index in [1.165, 1.54) is 6.92 Å². The van der Waals surface area contributed by atoms with Crippen LogP contribution < -0.4 is 59.7 Å². The lowest BCUT2D eigenvalue weighted by Crippen LogP contribution is -2.62. The number of nitrogens with one attached hydrogen (secondary N) is 9. The van der Waals surface area contributed by atoms with E-state index in [4.69, 9.17) is 17.2 Å². The van der Waals surface area contributed by atoms with Gasteiger partial charge in [-0.1, -0.05) is 45.9 Å². The molecule has 0 aliphatic heterocycles. The van der Waals surface area contributed by atoms with Crippen LogP contribution in [-0.2, 0) is 59.2 Å². The first-order valence-electron chi connectivity index (χ1n) is 22.1. The molecule has 0 radical (unpaired) electrons. The van der Waals surface area contributed by atoms with E-state index in [-0.39, 0.29) is 19.3 Å². The van der Waals surface area contributed by atoms with Crippen LogP contribution in [0.3, 0.4) is 0 Å². The third kappa shape index (κ3) is 18.8. The fourth-order valence-electron chi connectivity index (χ4n) is 6.61. The second kappa shape index (κ2) is 27.6. The summed E-state index contributed by atoms with van der Waals surface area (Å²) in [5.41, 5.74) is 17.4. The van der Waals surface area contributed by atoms with E-state index in [0.29, 0.717) is 5.56 Å². The Morgan fingerprint density at radius 1 is 0.609 bits per heavy atom. The lowest BCUT2D eigenvalue weighted by molar-refractivity contribution is -0.142. The molecule has 2 rings (SSSR count). The number of aliphatic hydroxyl groups excluding tert-OH is 2. The van der Waals surface area contributed by atoms with E-state index in [1.54, 1.807) is 58.2 Å². The summed E-state index contributed by atoms with van der Waals surface area (Å²) in [6.45, 7) is 7.16. The number of carboxylic acid groups (broad SMARTS) is 1. The van der Waals surface area contributed by atoms with Crippen molar-refractivity contribution < 1.29 is 68.1 Å². The summed E-state index contributed by atoms with van der Waals surface area (Å²) in [6.07, 6.45) is -1.63. The molecule has 0 bridgehead atoms. The van der Waals surface area contributed by atoms with E-state index in [0.717, 1.165) is 17.8 Å². The predicted octanol–water partition coefficient (Wildman–Crippen LogP) is -5.13. The molecule has 0 spiro atoms. The van der Waals surface area contributed by atoms with Crippen LogP contribution in [0.25, 0.3) is 10.9 Å². The molecule has 10 amide bonds. The summed E-state index contributed by atoms with van der Waals surface area (Å²) in [5, 5.41) is 49.2. The number of primary amides is 2. The first kappa shape index (κ1) is 57.9. The zero-order chi connectivity index (χ0) is 52.3. The minimum absolute atomic E-state index is 0.133. The summed E-state index contributed by atoms with van der Waals surface area (Å²) in [7, 11) is 0. The molecule has 69 heavy (non-hydrogen) atoms. The van der Waals surface area contributed by atoms with Crippen molar-refractivity contribution in [2.24, 2.45) is 29.0 Å². The van der Waals surface area contributed by atoms with E-state index in [1.807, 2.05) is 0 Å². The van der Waals surface area contributed by atoms with Crippen molar-refractivity contribution in [2.75, 3.05) is 13.2 Å². The minimum atomic E-state index is -1.72. The summed E-state index contributed by atoms with van der Waals surface area (Å²) in [6, 6.07) is -4.45. The second-order valence-corrected chi connectivity index (χ2v) is 17.1. The highest BCUT2D eigenvalue weighted by Gasteiger charge is 2.35. The summed E-state index contributed by atoms with van der Waals surface area (Å²) in [4.78, 5) is 144. The number of nitrogens with two attached hydrogens (primary N) is 3. The molecule has 0 saturated carbocycles. The Balaban J connectivity index is 2.11. The van der Waals surface area contributed by atoms with Crippen LogP contribution in [0, 0.1) is 11.8 Å². The van der Waals surface area contributed by atoms with Crippen molar-refractivity contribution in [3.63, 3.8) is 0 Å². The van der Waals surface area contributed by atoms with Gasteiger partial charge in [-0.2, -0.15) is 0 Å². The Labute approximate surface area is 397 Å². The van der Waals surface area contributed by atoms with Crippen LogP contribution in [-0.4, -0.2) is 153 Å². The number of H-pyrrole nitrogens is 1. The number of para-hydroxylation sites is 1. The molecular formula is C43H66N12O14. The predicted molar refractivity (Wildman–Crippen MR) is 245 cm³/mol. The molecule has 1 aromatic carbocycles. The Morgan fingerprint density at radius 2 is 1.09 bits per heavy atom. The Bertz CT molecular complexity index is 2180. The number of aliphatic carboxylic acids is 1. The summed E-state index contributed by atoms with van der Waals surface area (Å²) >= 11 is 0. The van der Waals surface area contributed by atoms with Crippen LogP contribution >= 0.6 is 0 Å². The maximum atomic E-state index is 13.6. The second-order valence-electron chi connectivity index (χ2n) is 17.1. The number of hydrogen-bond acceptors (Lipinski definition) is 14. The van der Waals surface area contributed by atoms with E-state index < -0.39 is 157 Å². The monoisotopic (exact) mass is 974 g/mol. The van der Waals surface area contributed by atoms with Gasteiger partial charge in [0.05, 0.1) is 19.3 Å². The lowest BCUT2D eigenvalue weighted by atomic mass is 10.0. The van der Waals surface area contributed by atoms with Crippen molar-refractivity contribution >= 4 is 75.9 Å². The lowest BCUT2D eigenvalue weighted by Gasteiger charge is -2.28. The maximum absolute atomic E-state index is 13.6. The number of aromatic nitrogens is 1. The standard InChI is InChI=1S/C43H66N12O14/c1-19(2)33(40(65)50-28(12-14-31(46)59)39(64)52-29(43(68)69)15-23-16-47-26-10-8-7-9-24(23)26)53-32(60)17-48-36(61)21(5)49-38(63)27(11-13-30(45)58)51-42(67)35(22(6)57)55-41(66)34(20(3)4)54-37(62)25(44)18-56/h7-10,16,19-22,25,27-29,33-35,47,56-57H,11-15,17-18,44H2,1-6H3,(H2,45,58)(H2,46,59)(H,48,61)(H,49,63)(H,50,65)(H,51,67)(H,52,64)(H,53,60)(H,54,62)(H,55,66)(H,68,69)/t21-,22+,25-,27-,28-,29-,33-,34-,35-/m0/s1. The van der Waals surface area contributed by atoms with Crippen LogP contribution in [0.5, 0.6) is 0 Å². The Morgan fingerprint density at radius 3 is 1.59 bits per heavy atom. The molecule has 26 nitrogen and oxygen atoms in total. The number of carbonyl (C=O) groups is 11. The molecule has 0 aliphatic rings. The number of carboxylic acids is 1. The van der Waals surface area contributed by atoms with Crippen molar-refractivity contribution in [3.05, 3.63) is 36.0 Å². The number of rotatable bonds is 29. The number of aliphatic hydroxyl groups is 2. The first-order valence-corrected chi connectivity index (χ1v) is 22.1. The number of fused-ring (bicyclic) bond motifs is 1. The van der Waals surface area contributed by atoms with Gasteiger partial charge in [0.25, 0.3) is 0 Å². The molecule has 26 heteroatoms. The number of hydrogen-bond donors (Lipinski definition) is 15. The van der Waals surface area contributed by atoms with Gasteiger partial charge in [0.15, 0.2) is 0 Å². The van der Waals surface area contributed by atoms with E-state index in [9.17, 15) is 68.1 Å². The quantitative estimate of drug-likeness (QED) is 0.0363. The molecule has 0 aliphatic carbocycles. The Kier molecular flexibility index (Phi) is 23.2. The third-order valence-corrected chi connectivity index (χ3v) is 10.6. The van der Waals surface area contributed by atoms with Crippen molar-refractivity contribution in [1.82, 2.24) is 47.5 Å². The average molecular weight is 975 g/mol. The van der Waals surface area contributed by atoms with Gasteiger partial charge in [-0.3, -0.25) is 47.9 Å².